The third kappa shape index (κ3) is 5.90. The molecule has 0 saturated heterocycles. The summed E-state index contributed by atoms with van der Waals surface area (Å²) in [5, 5.41) is 3.14. The molecule has 2 heteroatoms. The molecule has 0 atom stereocenters. The van der Waals surface area contributed by atoms with Gasteiger partial charge in [-0.3, -0.25) is 0 Å². The number of rotatable bonds is 5. The van der Waals surface area contributed by atoms with Crippen LogP contribution in [0.1, 0.15) is 13.8 Å². The highest BCUT2D eigenvalue weighted by atomic mass is 15.1. The van der Waals surface area contributed by atoms with Crippen LogP contribution >= 0.6 is 0 Å². The van der Waals surface area contributed by atoms with Crippen LogP contribution in [-0.2, 0) is 0 Å². The minimum absolute atomic E-state index is 0.614. The van der Waals surface area contributed by atoms with Crippen LogP contribution in [0.15, 0.2) is 0 Å². The van der Waals surface area contributed by atoms with Gasteiger partial charge >= 0.3 is 0 Å². The second-order valence-electron chi connectivity index (χ2n) is 2.96. The van der Waals surface area contributed by atoms with Crippen molar-refractivity contribution in [2.45, 2.75) is 19.9 Å². The SMILES string of the molecule is C#CCNCCN(C)C(C)C. The number of nitrogens with zero attached hydrogens (tertiary/aromatic N) is 1. The minimum atomic E-state index is 0.614. The predicted octanol–water partition coefficient (Wildman–Crippen LogP) is 0.549. The van der Waals surface area contributed by atoms with E-state index in [-0.39, 0.29) is 0 Å². The maximum Gasteiger partial charge on any atom is 0.0574 e. The molecule has 0 saturated carbocycles. The van der Waals surface area contributed by atoms with Crippen LogP contribution < -0.4 is 5.32 Å². The minimum Gasteiger partial charge on any atom is -0.305 e. The zero-order valence-corrected chi connectivity index (χ0v) is 7.72. The maximum atomic E-state index is 5.08. The fourth-order valence-electron chi connectivity index (χ4n) is 0.674. The van der Waals surface area contributed by atoms with Gasteiger partial charge in [-0.1, -0.05) is 5.92 Å². The van der Waals surface area contributed by atoms with E-state index in [2.05, 4.69) is 37.0 Å². The molecule has 0 bridgehead atoms. The van der Waals surface area contributed by atoms with E-state index in [0.29, 0.717) is 12.6 Å². The lowest BCUT2D eigenvalue weighted by atomic mass is 10.3. The lowest BCUT2D eigenvalue weighted by molar-refractivity contribution is 0.275. The summed E-state index contributed by atoms with van der Waals surface area (Å²) in [6.45, 7) is 7.06. The summed E-state index contributed by atoms with van der Waals surface area (Å²) in [5.41, 5.74) is 0. The predicted molar refractivity (Wildman–Crippen MR) is 49.5 cm³/mol. The molecule has 0 aliphatic heterocycles. The summed E-state index contributed by atoms with van der Waals surface area (Å²) in [6, 6.07) is 0.614. The van der Waals surface area contributed by atoms with Crippen molar-refractivity contribution in [2.24, 2.45) is 0 Å². The van der Waals surface area contributed by atoms with E-state index in [0.717, 1.165) is 13.1 Å². The Morgan fingerprint density at radius 3 is 2.64 bits per heavy atom. The highest BCUT2D eigenvalue weighted by Crippen LogP contribution is 1.90. The second kappa shape index (κ2) is 6.21. The standard InChI is InChI=1S/C9H18N2/c1-5-6-10-7-8-11(4)9(2)3/h1,9-10H,6-8H2,2-4H3. The van der Waals surface area contributed by atoms with E-state index in [4.69, 9.17) is 6.42 Å². The topological polar surface area (TPSA) is 15.3 Å². The van der Waals surface area contributed by atoms with Gasteiger partial charge in [0.25, 0.3) is 0 Å². The van der Waals surface area contributed by atoms with Crippen molar-refractivity contribution in [3.8, 4) is 12.3 Å². The molecule has 0 fully saturated rings. The van der Waals surface area contributed by atoms with E-state index in [1.807, 2.05) is 0 Å². The summed E-state index contributed by atoms with van der Waals surface area (Å²) in [7, 11) is 2.11. The average molecular weight is 154 g/mol. The van der Waals surface area contributed by atoms with E-state index < -0.39 is 0 Å². The van der Waals surface area contributed by atoms with Gasteiger partial charge in [0.1, 0.15) is 0 Å². The molecule has 0 aliphatic carbocycles. The Labute approximate surface area is 70.0 Å². The Balaban J connectivity index is 3.19. The van der Waals surface area contributed by atoms with Gasteiger partial charge in [-0.25, -0.2) is 0 Å². The average Bonchev–Trinajstić information content (AvgIpc) is 1.97. The lowest BCUT2D eigenvalue weighted by Crippen LogP contribution is -2.33. The first-order valence-corrected chi connectivity index (χ1v) is 4.03. The molecule has 0 amide bonds. The number of nitrogens with one attached hydrogen (secondary N) is 1. The van der Waals surface area contributed by atoms with Crippen LogP contribution in [0, 0.1) is 12.3 Å². The highest BCUT2D eigenvalue weighted by molar-refractivity contribution is 4.86. The first-order valence-electron chi connectivity index (χ1n) is 4.03. The summed E-state index contributed by atoms with van der Waals surface area (Å²) in [5.74, 6) is 2.54. The largest absolute Gasteiger partial charge is 0.305 e. The van der Waals surface area contributed by atoms with Crippen molar-refractivity contribution < 1.29 is 0 Å². The second-order valence-corrected chi connectivity index (χ2v) is 2.96. The molecule has 0 aromatic heterocycles. The molecule has 0 rings (SSSR count). The van der Waals surface area contributed by atoms with Crippen LogP contribution in [0.25, 0.3) is 0 Å². The monoisotopic (exact) mass is 154 g/mol. The third-order valence-corrected chi connectivity index (χ3v) is 1.75. The number of hydrogen-bond donors (Lipinski definition) is 1. The van der Waals surface area contributed by atoms with Gasteiger partial charge < -0.3 is 10.2 Å². The summed E-state index contributed by atoms with van der Waals surface area (Å²) in [6.07, 6.45) is 5.08. The Hall–Kier alpha value is -0.520. The van der Waals surface area contributed by atoms with Crippen molar-refractivity contribution in [1.82, 2.24) is 10.2 Å². The fraction of sp³-hybridized carbons (Fsp3) is 0.778. The molecule has 0 spiro atoms. The first-order chi connectivity index (χ1) is 5.18. The van der Waals surface area contributed by atoms with Crippen LogP contribution in [0.5, 0.6) is 0 Å². The van der Waals surface area contributed by atoms with Gasteiger partial charge in [-0.05, 0) is 20.9 Å². The maximum absolute atomic E-state index is 5.08. The fourth-order valence-corrected chi connectivity index (χ4v) is 0.674. The summed E-state index contributed by atoms with van der Waals surface area (Å²) >= 11 is 0. The van der Waals surface area contributed by atoms with Gasteiger partial charge in [0.2, 0.25) is 0 Å². The van der Waals surface area contributed by atoms with Gasteiger partial charge in [-0.15, -0.1) is 6.42 Å². The molecule has 0 aromatic carbocycles. The number of likely N-dealkylation sites (N-methyl/N-ethyl adjacent to an activating group) is 1. The Bertz CT molecular complexity index is 124. The van der Waals surface area contributed by atoms with Gasteiger partial charge in [0.15, 0.2) is 0 Å². The van der Waals surface area contributed by atoms with E-state index in [1.54, 1.807) is 0 Å². The molecule has 0 aromatic rings. The van der Waals surface area contributed by atoms with E-state index in [1.165, 1.54) is 0 Å². The zero-order chi connectivity index (χ0) is 8.69. The molecule has 64 valence electrons. The molecular formula is C9H18N2. The van der Waals surface area contributed by atoms with Crippen molar-refractivity contribution in [1.29, 1.82) is 0 Å². The molecule has 0 heterocycles. The summed E-state index contributed by atoms with van der Waals surface area (Å²) < 4.78 is 0. The zero-order valence-electron chi connectivity index (χ0n) is 7.72. The van der Waals surface area contributed by atoms with Crippen molar-refractivity contribution in [2.75, 3.05) is 26.7 Å². The lowest BCUT2D eigenvalue weighted by Gasteiger charge is -2.20. The molecule has 0 radical (unpaired) electrons. The van der Waals surface area contributed by atoms with Gasteiger partial charge in [-0.2, -0.15) is 0 Å². The highest BCUT2D eigenvalue weighted by Gasteiger charge is 2.00. The molecule has 1 N–H and O–H groups in total. The van der Waals surface area contributed by atoms with Gasteiger partial charge in [0, 0.05) is 19.1 Å². The van der Waals surface area contributed by atoms with Crippen LogP contribution in [0.4, 0.5) is 0 Å². The Morgan fingerprint density at radius 2 is 2.18 bits per heavy atom. The Kier molecular flexibility index (Phi) is 5.91. The van der Waals surface area contributed by atoms with Crippen molar-refractivity contribution in [3.63, 3.8) is 0 Å². The number of hydrogen-bond acceptors (Lipinski definition) is 2. The smallest absolute Gasteiger partial charge is 0.0574 e. The quantitative estimate of drug-likeness (QED) is 0.459. The van der Waals surface area contributed by atoms with Crippen LogP contribution in [0.3, 0.4) is 0 Å². The van der Waals surface area contributed by atoms with Crippen molar-refractivity contribution in [3.05, 3.63) is 0 Å². The molecular weight excluding hydrogens is 136 g/mol. The third-order valence-electron chi connectivity index (χ3n) is 1.75. The van der Waals surface area contributed by atoms with Crippen molar-refractivity contribution >= 4 is 0 Å². The number of terminal acetylenes is 1. The normalized spacial score (nSPS) is 10.5. The van der Waals surface area contributed by atoms with E-state index >= 15 is 0 Å². The summed E-state index contributed by atoms with van der Waals surface area (Å²) in [4.78, 5) is 2.28. The molecule has 0 aliphatic rings. The molecule has 2 nitrogen and oxygen atoms in total. The first kappa shape index (κ1) is 10.5. The van der Waals surface area contributed by atoms with E-state index in [9.17, 15) is 0 Å². The Morgan fingerprint density at radius 1 is 1.55 bits per heavy atom. The van der Waals surface area contributed by atoms with Crippen LogP contribution in [0.2, 0.25) is 0 Å². The van der Waals surface area contributed by atoms with Crippen LogP contribution in [-0.4, -0.2) is 37.6 Å². The molecule has 0 unspecified atom stereocenters. The molecule has 11 heavy (non-hydrogen) atoms. The van der Waals surface area contributed by atoms with Gasteiger partial charge in [0.05, 0.1) is 6.54 Å².